The highest BCUT2D eigenvalue weighted by Crippen LogP contribution is 2.12. The number of aryl methyl sites for hydroxylation is 1. The van der Waals surface area contributed by atoms with Gasteiger partial charge in [0.1, 0.15) is 5.75 Å². The fourth-order valence-electron chi connectivity index (χ4n) is 1.53. The lowest BCUT2D eigenvalue weighted by atomic mass is 10.2. The van der Waals surface area contributed by atoms with Gasteiger partial charge in [0, 0.05) is 0 Å². The van der Waals surface area contributed by atoms with Crippen LogP contribution in [0.2, 0.25) is 0 Å². The summed E-state index contributed by atoms with van der Waals surface area (Å²) in [6, 6.07) is 6.31. The van der Waals surface area contributed by atoms with Gasteiger partial charge in [-0.15, -0.1) is 0 Å². The van der Waals surface area contributed by atoms with Crippen molar-refractivity contribution in [1.29, 1.82) is 0 Å². The molecule has 2 N–H and O–H groups in total. The molecule has 0 saturated heterocycles. The Balaban J connectivity index is 2.43. The minimum absolute atomic E-state index is 0.237. The molecule has 1 amide bonds. The number of aliphatic hydroxyl groups excluding tert-OH is 1. The largest absolute Gasteiger partial charge is 0.484 e. The van der Waals surface area contributed by atoms with Crippen molar-refractivity contribution in [2.45, 2.75) is 19.4 Å². The highest BCUT2D eigenvalue weighted by molar-refractivity contribution is 5.85. The summed E-state index contributed by atoms with van der Waals surface area (Å²) in [5.41, 5.74) is 1.17. The van der Waals surface area contributed by atoms with Crippen LogP contribution in [0.4, 0.5) is 0 Å². The molecule has 6 heteroatoms. The number of ether oxygens (including phenoxy) is 2. The van der Waals surface area contributed by atoms with E-state index in [1.807, 2.05) is 19.1 Å². The molecule has 0 spiro atoms. The molecule has 6 nitrogen and oxygen atoms in total. The zero-order chi connectivity index (χ0) is 15.0. The molecular formula is C14H19NO5. The van der Waals surface area contributed by atoms with Crippen LogP contribution in [0, 0.1) is 0 Å². The van der Waals surface area contributed by atoms with Gasteiger partial charge in [0.05, 0.1) is 13.7 Å². The van der Waals surface area contributed by atoms with Crippen molar-refractivity contribution in [1.82, 2.24) is 5.32 Å². The van der Waals surface area contributed by atoms with E-state index < -0.39 is 24.5 Å². The summed E-state index contributed by atoms with van der Waals surface area (Å²) in [5, 5.41) is 11.3. The summed E-state index contributed by atoms with van der Waals surface area (Å²) < 4.78 is 9.72. The highest BCUT2D eigenvalue weighted by atomic mass is 16.5. The van der Waals surface area contributed by atoms with Gasteiger partial charge in [0.15, 0.2) is 12.6 Å². The Labute approximate surface area is 117 Å². The number of carbonyl (C=O) groups is 2. The lowest BCUT2D eigenvalue weighted by Crippen LogP contribution is -2.45. The average molecular weight is 281 g/mol. The quantitative estimate of drug-likeness (QED) is 0.701. The summed E-state index contributed by atoms with van der Waals surface area (Å²) in [7, 11) is 1.18. The van der Waals surface area contributed by atoms with Crippen LogP contribution in [0.5, 0.6) is 5.75 Å². The molecule has 0 aliphatic carbocycles. The van der Waals surface area contributed by atoms with E-state index in [4.69, 9.17) is 9.84 Å². The molecule has 0 radical (unpaired) electrons. The Kier molecular flexibility index (Phi) is 6.52. The maximum absolute atomic E-state index is 11.6. The van der Waals surface area contributed by atoms with E-state index in [2.05, 4.69) is 10.1 Å². The zero-order valence-corrected chi connectivity index (χ0v) is 11.6. The molecule has 0 heterocycles. The number of hydrogen-bond acceptors (Lipinski definition) is 5. The van der Waals surface area contributed by atoms with Crippen LogP contribution in [0.1, 0.15) is 12.5 Å². The van der Waals surface area contributed by atoms with Crippen molar-refractivity contribution in [2.24, 2.45) is 0 Å². The van der Waals surface area contributed by atoms with Crippen molar-refractivity contribution < 1.29 is 24.2 Å². The molecule has 1 aromatic carbocycles. The smallest absolute Gasteiger partial charge is 0.330 e. The Morgan fingerprint density at radius 3 is 2.45 bits per heavy atom. The molecule has 110 valence electrons. The van der Waals surface area contributed by atoms with Crippen molar-refractivity contribution in [3.63, 3.8) is 0 Å². The van der Waals surface area contributed by atoms with Gasteiger partial charge in [0.25, 0.3) is 5.91 Å². The number of carbonyl (C=O) groups excluding carboxylic acids is 2. The number of esters is 1. The van der Waals surface area contributed by atoms with E-state index in [-0.39, 0.29) is 6.61 Å². The number of aliphatic hydroxyl groups is 1. The normalized spacial score (nSPS) is 11.6. The van der Waals surface area contributed by atoms with Crippen molar-refractivity contribution in [3.05, 3.63) is 29.8 Å². The molecule has 0 fully saturated rings. The van der Waals surface area contributed by atoms with E-state index in [1.54, 1.807) is 12.1 Å². The van der Waals surface area contributed by atoms with Crippen LogP contribution in [0.25, 0.3) is 0 Å². The molecule has 0 bridgehead atoms. The lowest BCUT2D eigenvalue weighted by molar-refractivity contribution is -0.146. The van der Waals surface area contributed by atoms with E-state index >= 15 is 0 Å². The first-order valence-electron chi connectivity index (χ1n) is 6.30. The van der Waals surface area contributed by atoms with Gasteiger partial charge < -0.3 is 19.9 Å². The number of methoxy groups -OCH3 is 1. The van der Waals surface area contributed by atoms with Crippen molar-refractivity contribution >= 4 is 11.9 Å². The summed E-state index contributed by atoms with van der Waals surface area (Å²) in [5.74, 6) is -0.641. The predicted molar refractivity (Wildman–Crippen MR) is 72.3 cm³/mol. The topological polar surface area (TPSA) is 84.9 Å². The van der Waals surface area contributed by atoms with Crippen LogP contribution in [0.3, 0.4) is 0 Å². The average Bonchev–Trinajstić information content (AvgIpc) is 2.50. The Morgan fingerprint density at radius 1 is 1.30 bits per heavy atom. The minimum Gasteiger partial charge on any atom is -0.484 e. The van der Waals surface area contributed by atoms with Crippen molar-refractivity contribution in [2.75, 3.05) is 20.3 Å². The Bertz CT molecular complexity index is 443. The fraction of sp³-hybridized carbons (Fsp3) is 0.429. The third-order valence-corrected chi connectivity index (χ3v) is 2.71. The van der Waals surface area contributed by atoms with Gasteiger partial charge in [-0.05, 0) is 24.1 Å². The van der Waals surface area contributed by atoms with Gasteiger partial charge in [0.2, 0.25) is 0 Å². The molecule has 0 aliphatic heterocycles. The standard InChI is InChI=1S/C14H19NO5/c1-3-10-4-6-11(7-5-10)20-9-13(17)15-12(8-16)14(18)19-2/h4-7,12,16H,3,8-9H2,1-2H3,(H,15,17)/t12-/m1/s1. The van der Waals surface area contributed by atoms with Crippen LogP contribution >= 0.6 is 0 Å². The van der Waals surface area contributed by atoms with Crippen LogP contribution in [0.15, 0.2) is 24.3 Å². The van der Waals surface area contributed by atoms with E-state index in [1.165, 1.54) is 12.7 Å². The van der Waals surface area contributed by atoms with E-state index in [0.29, 0.717) is 5.75 Å². The summed E-state index contributed by atoms with van der Waals surface area (Å²) in [4.78, 5) is 22.8. The molecule has 1 rings (SSSR count). The maximum atomic E-state index is 11.6. The van der Waals surface area contributed by atoms with Gasteiger partial charge in [-0.25, -0.2) is 4.79 Å². The molecule has 0 saturated carbocycles. The number of amides is 1. The first-order valence-corrected chi connectivity index (χ1v) is 6.30. The fourth-order valence-corrected chi connectivity index (χ4v) is 1.53. The monoisotopic (exact) mass is 281 g/mol. The molecule has 20 heavy (non-hydrogen) atoms. The highest BCUT2D eigenvalue weighted by Gasteiger charge is 2.20. The molecule has 0 aromatic heterocycles. The van der Waals surface area contributed by atoms with Crippen LogP contribution in [-0.2, 0) is 20.7 Å². The lowest BCUT2D eigenvalue weighted by Gasteiger charge is -2.14. The molecule has 1 atom stereocenters. The number of rotatable bonds is 7. The summed E-state index contributed by atoms with van der Waals surface area (Å²) >= 11 is 0. The van der Waals surface area contributed by atoms with E-state index in [9.17, 15) is 9.59 Å². The zero-order valence-electron chi connectivity index (χ0n) is 11.6. The molecule has 0 unspecified atom stereocenters. The maximum Gasteiger partial charge on any atom is 0.330 e. The second-order valence-electron chi connectivity index (χ2n) is 4.11. The number of nitrogens with one attached hydrogen (secondary N) is 1. The Morgan fingerprint density at radius 2 is 1.95 bits per heavy atom. The molecule has 1 aromatic rings. The third-order valence-electron chi connectivity index (χ3n) is 2.71. The minimum atomic E-state index is -1.07. The first-order chi connectivity index (χ1) is 9.60. The van der Waals surface area contributed by atoms with Crippen molar-refractivity contribution in [3.8, 4) is 5.75 Å². The number of hydrogen-bond donors (Lipinski definition) is 2. The van der Waals surface area contributed by atoms with Crippen LogP contribution in [-0.4, -0.2) is 43.3 Å². The number of benzene rings is 1. The van der Waals surface area contributed by atoms with Gasteiger partial charge >= 0.3 is 5.97 Å². The van der Waals surface area contributed by atoms with Gasteiger partial charge in [-0.2, -0.15) is 0 Å². The Hall–Kier alpha value is -2.08. The van der Waals surface area contributed by atoms with Crippen LogP contribution < -0.4 is 10.1 Å². The third kappa shape index (κ3) is 4.89. The van der Waals surface area contributed by atoms with Gasteiger partial charge in [-0.3, -0.25) is 4.79 Å². The van der Waals surface area contributed by atoms with Gasteiger partial charge in [-0.1, -0.05) is 19.1 Å². The molecular weight excluding hydrogens is 262 g/mol. The summed E-state index contributed by atoms with van der Waals surface area (Å²) in [6.45, 7) is 1.29. The second-order valence-corrected chi connectivity index (χ2v) is 4.11. The van der Waals surface area contributed by atoms with E-state index in [0.717, 1.165) is 6.42 Å². The second kappa shape index (κ2) is 8.16. The first kappa shape index (κ1) is 16.0. The SMILES string of the molecule is CCc1ccc(OCC(=O)N[C@H](CO)C(=O)OC)cc1. The summed E-state index contributed by atoms with van der Waals surface area (Å²) in [6.07, 6.45) is 0.929. The predicted octanol–water partition coefficient (Wildman–Crippen LogP) is 0.278. The molecule has 0 aliphatic rings.